The monoisotopic (exact) mass is 527 g/mol. The number of halogens is 4. The number of ether oxygens (including phenoxy) is 3. The van der Waals surface area contributed by atoms with Gasteiger partial charge in [0, 0.05) is 24.6 Å². The van der Waals surface area contributed by atoms with E-state index in [1.54, 1.807) is 13.8 Å². The molecule has 1 aromatic carbocycles. The molecule has 0 unspecified atom stereocenters. The molecule has 0 aliphatic rings. The Morgan fingerprint density at radius 3 is 2.22 bits per heavy atom. The summed E-state index contributed by atoms with van der Waals surface area (Å²) in [6.45, 7) is 7.46. The van der Waals surface area contributed by atoms with E-state index in [2.05, 4.69) is 4.98 Å². The van der Waals surface area contributed by atoms with Gasteiger partial charge >= 0.3 is 18.1 Å². The van der Waals surface area contributed by atoms with E-state index in [1.165, 1.54) is 40.1 Å². The highest BCUT2D eigenvalue weighted by molar-refractivity contribution is 6.00. The highest BCUT2D eigenvalue weighted by atomic mass is 19.4. The smallest absolute Gasteiger partial charge is 0.416 e. The highest BCUT2D eigenvalue weighted by Gasteiger charge is 2.37. The zero-order valence-electron chi connectivity index (χ0n) is 21.3. The minimum Gasteiger partial charge on any atom is -0.493 e. The number of carbonyl (C=O) groups excluding carboxylic acids is 3. The van der Waals surface area contributed by atoms with Crippen LogP contribution in [-0.4, -0.2) is 35.9 Å². The minimum absolute atomic E-state index is 0.102. The average molecular weight is 528 g/mol. The lowest BCUT2D eigenvalue weighted by atomic mass is 9.91. The number of nitrogens with zero attached hydrogens (tertiary/aromatic N) is 1. The first-order chi connectivity index (χ1) is 17.2. The normalized spacial score (nSPS) is 14.0. The van der Waals surface area contributed by atoms with E-state index in [-0.39, 0.29) is 29.2 Å². The molecule has 2 aromatic rings. The van der Waals surface area contributed by atoms with Crippen molar-refractivity contribution in [1.29, 1.82) is 0 Å². The molecule has 202 valence electrons. The van der Waals surface area contributed by atoms with Crippen LogP contribution in [0.1, 0.15) is 68.6 Å². The van der Waals surface area contributed by atoms with Gasteiger partial charge in [-0.1, -0.05) is 33.8 Å². The molecule has 0 radical (unpaired) electrons. The number of alkyl halides is 3. The molecule has 37 heavy (non-hydrogen) atoms. The molecule has 0 saturated heterocycles. The molecule has 3 atom stereocenters. The number of rotatable bonds is 10. The quantitative estimate of drug-likeness (QED) is 0.221. The summed E-state index contributed by atoms with van der Waals surface area (Å²) < 4.78 is 69.5. The van der Waals surface area contributed by atoms with Crippen LogP contribution in [0.3, 0.4) is 0 Å². The summed E-state index contributed by atoms with van der Waals surface area (Å²) in [4.78, 5) is 41.7. The van der Waals surface area contributed by atoms with E-state index >= 15 is 0 Å². The van der Waals surface area contributed by atoms with E-state index in [0.717, 1.165) is 12.1 Å². The molecule has 0 spiro atoms. The number of benzene rings is 1. The van der Waals surface area contributed by atoms with Gasteiger partial charge in [0.2, 0.25) is 5.75 Å². The first-order valence-corrected chi connectivity index (χ1v) is 11.5. The van der Waals surface area contributed by atoms with Crippen LogP contribution in [0.25, 0.3) is 0 Å². The van der Waals surface area contributed by atoms with Crippen molar-refractivity contribution < 1.29 is 46.2 Å². The molecule has 0 amide bonds. The number of pyridine rings is 1. The number of methoxy groups -OCH3 is 1. The molecule has 11 heteroatoms. The first kappa shape index (κ1) is 29.7. The Kier molecular flexibility index (Phi) is 9.77. The largest absolute Gasteiger partial charge is 0.493 e. The molecule has 0 saturated carbocycles. The van der Waals surface area contributed by atoms with E-state index in [0.29, 0.717) is 6.07 Å². The predicted molar refractivity (Wildman–Crippen MR) is 125 cm³/mol. The Bertz CT molecular complexity index is 1150. The number of Topliss-reactive ketones (excluding diaryl/α,β-unsaturated/α-hetero) is 1. The fourth-order valence-electron chi connectivity index (χ4n) is 3.39. The molecule has 0 aliphatic carbocycles. The van der Waals surface area contributed by atoms with Gasteiger partial charge in [-0.05, 0) is 24.6 Å². The van der Waals surface area contributed by atoms with Crippen molar-refractivity contribution in [3.63, 3.8) is 0 Å². The summed E-state index contributed by atoms with van der Waals surface area (Å²) >= 11 is 0. The molecule has 1 heterocycles. The van der Waals surface area contributed by atoms with Crippen molar-refractivity contribution in [2.75, 3.05) is 7.11 Å². The van der Waals surface area contributed by atoms with Crippen LogP contribution < -0.4 is 9.47 Å². The van der Waals surface area contributed by atoms with Gasteiger partial charge in [-0.15, -0.1) is 0 Å². The van der Waals surface area contributed by atoms with Crippen LogP contribution in [0.4, 0.5) is 17.6 Å². The third-order valence-electron chi connectivity index (χ3n) is 5.74. The fraction of sp³-hybridized carbons (Fsp3) is 0.462. The Morgan fingerprint density at radius 2 is 1.65 bits per heavy atom. The zero-order chi connectivity index (χ0) is 28.1. The summed E-state index contributed by atoms with van der Waals surface area (Å²) in [5.41, 5.74) is -1.59. The van der Waals surface area contributed by atoms with E-state index in [9.17, 15) is 31.9 Å². The third-order valence-corrected chi connectivity index (χ3v) is 5.74. The van der Waals surface area contributed by atoms with Crippen molar-refractivity contribution in [3.05, 3.63) is 53.1 Å². The van der Waals surface area contributed by atoms with Gasteiger partial charge in [-0.25, -0.2) is 9.37 Å². The molecule has 1 aromatic heterocycles. The summed E-state index contributed by atoms with van der Waals surface area (Å²) in [7, 11) is 1.32. The summed E-state index contributed by atoms with van der Waals surface area (Å²) in [5.74, 6) is -5.61. The van der Waals surface area contributed by atoms with Crippen LogP contribution in [0, 0.1) is 17.7 Å². The van der Waals surface area contributed by atoms with Crippen molar-refractivity contribution in [1.82, 2.24) is 4.98 Å². The predicted octanol–water partition coefficient (Wildman–Crippen LogP) is 5.75. The van der Waals surface area contributed by atoms with Crippen molar-refractivity contribution in [3.8, 4) is 11.5 Å². The van der Waals surface area contributed by atoms with Gasteiger partial charge in [0.1, 0.15) is 11.9 Å². The topological polar surface area (TPSA) is 91.8 Å². The molecule has 0 aliphatic heterocycles. The van der Waals surface area contributed by atoms with E-state index in [1.807, 2.05) is 0 Å². The average Bonchev–Trinajstić information content (AvgIpc) is 2.82. The maximum Gasteiger partial charge on any atom is 0.416 e. The van der Waals surface area contributed by atoms with Gasteiger partial charge in [-0.2, -0.15) is 13.2 Å². The molecular weight excluding hydrogens is 498 g/mol. The fourth-order valence-corrected chi connectivity index (χ4v) is 3.39. The maximum absolute atomic E-state index is 13.4. The Hall–Kier alpha value is -3.50. The molecule has 0 bridgehead atoms. The molecule has 0 fully saturated rings. The molecule has 2 rings (SSSR count). The minimum atomic E-state index is -4.80. The van der Waals surface area contributed by atoms with Crippen LogP contribution >= 0.6 is 0 Å². The van der Waals surface area contributed by atoms with Gasteiger partial charge in [0.15, 0.2) is 17.2 Å². The third kappa shape index (κ3) is 7.50. The van der Waals surface area contributed by atoms with Crippen molar-refractivity contribution >= 4 is 17.7 Å². The summed E-state index contributed by atoms with van der Waals surface area (Å²) in [6, 6.07) is 3.72. The maximum atomic E-state index is 13.4. The Morgan fingerprint density at radius 1 is 1.00 bits per heavy atom. The number of hydrogen-bond donors (Lipinski definition) is 0. The number of aromatic nitrogens is 1. The number of carbonyl (C=O) groups is 3. The number of hydrogen-bond acceptors (Lipinski definition) is 7. The van der Waals surface area contributed by atoms with Gasteiger partial charge in [-0.3, -0.25) is 14.4 Å². The summed E-state index contributed by atoms with van der Waals surface area (Å²) in [5, 5.41) is 0. The standard InChI is InChI=1S/C26H29F4NO6/c1-13(2)24(33)37-23-21(35-6)9-10-31-22(23)20(32)11-14(3)25(34)36-16(5)15(4)18-8-7-17(27)12-19(18)26(28,29)30/h7-10,12-16H,11H2,1-6H3/t14-,15+,16-/m1/s1. The van der Waals surface area contributed by atoms with Crippen molar-refractivity contribution in [2.45, 2.75) is 59.2 Å². The Balaban J connectivity index is 2.17. The molecule has 7 nitrogen and oxygen atoms in total. The molecule has 0 N–H and O–H groups in total. The van der Waals surface area contributed by atoms with Crippen LogP contribution in [-0.2, 0) is 20.5 Å². The summed E-state index contributed by atoms with van der Waals surface area (Å²) in [6.07, 6.45) is -4.91. The van der Waals surface area contributed by atoms with Gasteiger partial charge in [0.05, 0.1) is 24.5 Å². The van der Waals surface area contributed by atoms with Crippen LogP contribution in [0.15, 0.2) is 30.5 Å². The molecular formula is C26H29F4NO6. The van der Waals surface area contributed by atoms with Crippen LogP contribution in [0.5, 0.6) is 11.5 Å². The van der Waals surface area contributed by atoms with Gasteiger partial charge < -0.3 is 14.2 Å². The van der Waals surface area contributed by atoms with Crippen LogP contribution in [0.2, 0.25) is 0 Å². The van der Waals surface area contributed by atoms with E-state index in [4.69, 9.17) is 14.2 Å². The second kappa shape index (κ2) is 12.2. The number of ketones is 1. The SMILES string of the molecule is COc1ccnc(C(=O)C[C@@H](C)C(=O)O[C@H](C)[C@H](C)c2ccc(F)cc2C(F)(F)F)c1OC(=O)C(C)C. The van der Waals surface area contributed by atoms with Crippen molar-refractivity contribution in [2.24, 2.45) is 11.8 Å². The Labute approximate surface area is 212 Å². The first-order valence-electron chi connectivity index (χ1n) is 11.5. The van der Waals surface area contributed by atoms with Gasteiger partial charge in [0.25, 0.3) is 0 Å². The lowest BCUT2D eigenvalue weighted by Crippen LogP contribution is -2.27. The number of esters is 2. The second-order valence-corrected chi connectivity index (χ2v) is 8.96. The lowest BCUT2D eigenvalue weighted by molar-refractivity contribution is -0.153. The van der Waals surface area contributed by atoms with E-state index < -0.39 is 59.1 Å². The second-order valence-electron chi connectivity index (χ2n) is 8.96. The highest BCUT2D eigenvalue weighted by Crippen LogP contribution is 2.37. The zero-order valence-corrected chi connectivity index (χ0v) is 21.3. The lowest BCUT2D eigenvalue weighted by Gasteiger charge is -2.25.